The number of nitrogens with one attached hydrogen (secondary N) is 1. The maximum absolute atomic E-state index is 13.9. The van der Waals surface area contributed by atoms with Gasteiger partial charge in [-0.3, -0.25) is 9.52 Å². The summed E-state index contributed by atoms with van der Waals surface area (Å²) < 4.78 is 15.2. The van der Waals surface area contributed by atoms with E-state index in [2.05, 4.69) is 11.3 Å². The highest BCUT2D eigenvalue weighted by molar-refractivity contribution is 8.11. The summed E-state index contributed by atoms with van der Waals surface area (Å²) in [6.07, 6.45) is -1.56. The molecule has 1 aromatic carbocycles. The molecular weight excluding hydrogens is 494 g/mol. The molecule has 204 valence electrons. The summed E-state index contributed by atoms with van der Waals surface area (Å²) in [6.45, 7) is 12.9. The van der Waals surface area contributed by atoms with Crippen LogP contribution in [0.4, 0.5) is 4.79 Å². The number of aliphatic hydroxyl groups is 3. The molecule has 1 aromatic rings. The topological polar surface area (TPSA) is 125 Å². The van der Waals surface area contributed by atoms with E-state index in [9.17, 15) is 24.9 Å². The molecule has 37 heavy (non-hydrogen) atoms. The number of hydrogen-bond donors (Lipinski definition) is 4. The number of carbonyl (C=O) groups excluding carboxylic acids is 2. The number of carbonyl (C=O) groups is 2. The molecule has 1 saturated heterocycles. The van der Waals surface area contributed by atoms with Crippen molar-refractivity contribution in [3.8, 4) is 0 Å². The molecule has 0 amide bonds. The molecule has 9 heteroatoms. The van der Waals surface area contributed by atoms with E-state index in [0.717, 1.165) is 17.5 Å². The van der Waals surface area contributed by atoms with Crippen LogP contribution < -0.4 is 4.72 Å². The number of rotatable bonds is 5. The van der Waals surface area contributed by atoms with Crippen LogP contribution in [-0.2, 0) is 20.8 Å². The number of aliphatic hydroxyl groups excluding tert-OH is 2. The first-order valence-electron chi connectivity index (χ1n) is 12.8. The Morgan fingerprint density at radius 1 is 1.22 bits per heavy atom. The summed E-state index contributed by atoms with van der Waals surface area (Å²) in [4.78, 5) is 26.9. The molecule has 3 fully saturated rings. The van der Waals surface area contributed by atoms with E-state index in [-0.39, 0.29) is 6.42 Å². The highest BCUT2D eigenvalue weighted by atomic mass is 32.2. The minimum Gasteiger partial charge on any atom is -0.447 e. The van der Waals surface area contributed by atoms with Gasteiger partial charge in [-0.1, -0.05) is 57.2 Å². The van der Waals surface area contributed by atoms with Crippen LogP contribution in [0.5, 0.6) is 0 Å². The van der Waals surface area contributed by atoms with Crippen molar-refractivity contribution in [2.45, 2.75) is 95.5 Å². The normalized spacial score (nSPS) is 42.9. The summed E-state index contributed by atoms with van der Waals surface area (Å²) in [5.41, 5.74) is -6.33. The molecule has 4 rings (SSSR count). The van der Waals surface area contributed by atoms with E-state index in [1.165, 1.54) is 13.0 Å². The first kappa shape index (κ1) is 28.3. The Balaban J connectivity index is 1.72. The van der Waals surface area contributed by atoms with Gasteiger partial charge in [0.25, 0.3) is 0 Å². The summed E-state index contributed by atoms with van der Waals surface area (Å²) >= 11 is 0.725. The molecule has 0 unspecified atom stereocenters. The van der Waals surface area contributed by atoms with E-state index >= 15 is 0 Å². The van der Waals surface area contributed by atoms with Crippen LogP contribution in [0, 0.1) is 16.7 Å². The fraction of sp³-hybridized carbons (Fsp3) is 0.643. The largest absolute Gasteiger partial charge is 0.447 e. The summed E-state index contributed by atoms with van der Waals surface area (Å²) in [5.74, 6) is -1.29. The van der Waals surface area contributed by atoms with Gasteiger partial charge < -0.3 is 24.8 Å². The van der Waals surface area contributed by atoms with Gasteiger partial charge in [-0.2, -0.15) is 0 Å². The number of Topliss-reactive ketones (excluding diaryl/α,β-unsaturated/α-hetero) is 1. The lowest BCUT2D eigenvalue weighted by Crippen LogP contribution is -2.86. The predicted octanol–water partition coefficient (Wildman–Crippen LogP) is 3.53. The van der Waals surface area contributed by atoms with Crippen LogP contribution in [0.15, 0.2) is 43.0 Å². The lowest BCUT2D eigenvalue weighted by Gasteiger charge is -2.71. The molecule has 3 aliphatic rings. The molecule has 2 saturated carbocycles. The van der Waals surface area contributed by atoms with Gasteiger partial charge in [-0.25, -0.2) is 4.79 Å². The Morgan fingerprint density at radius 3 is 2.49 bits per heavy atom. The number of ketones is 1. The van der Waals surface area contributed by atoms with Gasteiger partial charge in [0.2, 0.25) is 0 Å². The molecule has 4 N–H and O–H groups in total. The lowest BCUT2D eigenvalue weighted by molar-refractivity contribution is -0.368. The maximum atomic E-state index is 13.9. The molecule has 0 bridgehead atoms. The lowest BCUT2D eigenvalue weighted by atomic mass is 9.40. The second kappa shape index (κ2) is 9.47. The Morgan fingerprint density at radius 2 is 1.86 bits per heavy atom. The second-order valence-electron chi connectivity index (χ2n) is 12.0. The summed E-state index contributed by atoms with van der Waals surface area (Å²) in [7, 11) is 0. The van der Waals surface area contributed by atoms with Crippen molar-refractivity contribution in [2.75, 3.05) is 0 Å². The van der Waals surface area contributed by atoms with Gasteiger partial charge in [0.05, 0.1) is 17.8 Å². The van der Waals surface area contributed by atoms with Crippen LogP contribution in [0.25, 0.3) is 0 Å². The Bertz CT molecular complexity index is 1070. The van der Waals surface area contributed by atoms with Crippen LogP contribution in [-0.4, -0.2) is 61.5 Å². The third-order valence-corrected chi connectivity index (χ3v) is 9.78. The van der Waals surface area contributed by atoms with Gasteiger partial charge in [0, 0.05) is 36.2 Å². The minimum absolute atomic E-state index is 0.164. The van der Waals surface area contributed by atoms with E-state index in [0.29, 0.717) is 19.4 Å². The fourth-order valence-corrected chi connectivity index (χ4v) is 7.89. The molecule has 0 aromatic heterocycles. The van der Waals surface area contributed by atoms with Crippen molar-refractivity contribution in [2.24, 2.45) is 16.7 Å². The van der Waals surface area contributed by atoms with Crippen molar-refractivity contribution in [1.82, 2.24) is 4.72 Å². The molecular formula is C28H39NO7S. The van der Waals surface area contributed by atoms with Crippen molar-refractivity contribution < 1.29 is 34.4 Å². The van der Waals surface area contributed by atoms with Crippen LogP contribution >= 0.6 is 11.9 Å². The summed E-state index contributed by atoms with van der Waals surface area (Å²) in [6, 6.07) is 9.52. The fourth-order valence-electron chi connectivity index (χ4n) is 7.38. The first-order valence-corrected chi connectivity index (χ1v) is 13.6. The van der Waals surface area contributed by atoms with Crippen LogP contribution in [0.1, 0.15) is 59.4 Å². The van der Waals surface area contributed by atoms with Crippen LogP contribution in [0.2, 0.25) is 0 Å². The third-order valence-electron chi connectivity index (χ3n) is 9.22. The number of hydrogen-bond acceptors (Lipinski definition) is 9. The number of fused-ring (bicyclic) bond motifs is 3. The van der Waals surface area contributed by atoms with Gasteiger partial charge in [0.15, 0.2) is 17.5 Å². The zero-order valence-corrected chi connectivity index (χ0v) is 23.0. The zero-order valence-electron chi connectivity index (χ0n) is 22.2. The molecule has 0 radical (unpaired) electrons. The van der Waals surface area contributed by atoms with Crippen molar-refractivity contribution >= 4 is 23.0 Å². The third kappa shape index (κ3) is 4.19. The van der Waals surface area contributed by atoms with Gasteiger partial charge >= 0.3 is 5.30 Å². The second-order valence-corrected chi connectivity index (χ2v) is 12.9. The van der Waals surface area contributed by atoms with E-state index in [1.807, 2.05) is 44.2 Å². The predicted molar refractivity (Wildman–Crippen MR) is 140 cm³/mol. The van der Waals surface area contributed by atoms with E-state index in [4.69, 9.17) is 9.47 Å². The molecule has 1 aliphatic heterocycles. The Kier molecular flexibility index (Phi) is 7.23. The van der Waals surface area contributed by atoms with E-state index < -0.39 is 62.9 Å². The average molecular weight is 534 g/mol. The van der Waals surface area contributed by atoms with Gasteiger partial charge in [-0.05, 0) is 37.7 Å². The smallest absolute Gasteiger partial charge is 0.382 e. The minimum atomic E-state index is -2.24. The Labute approximate surface area is 222 Å². The molecule has 8 nitrogen and oxygen atoms in total. The number of ether oxygens (including phenoxy) is 2. The Hall–Kier alpha value is -1.75. The zero-order chi connectivity index (χ0) is 27.4. The van der Waals surface area contributed by atoms with Crippen LogP contribution in [0.3, 0.4) is 0 Å². The molecule has 8 atom stereocenters. The standard InChI is InChI=1S/C28H39NO7S/c1-7-25(4)15-19(31)28(34)26(5)18(30)13-14-24(2,3)21(26)20(32)22(27(28,6)36-25)35-23(33)37-29-16-17-11-9-8-10-12-17/h7-12,18,20-22,29-30,32,34H,1,13-16H2,2-6H3/t18-,20-,21-,22-,25-,26-,27+,28-/m0/s1. The first-order chi connectivity index (χ1) is 17.2. The van der Waals surface area contributed by atoms with Crippen molar-refractivity contribution in [3.63, 3.8) is 0 Å². The maximum Gasteiger partial charge on any atom is 0.382 e. The van der Waals surface area contributed by atoms with Gasteiger partial charge in [0.1, 0.15) is 5.60 Å². The quantitative estimate of drug-likeness (QED) is 0.255. The average Bonchev–Trinajstić information content (AvgIpc) is 2.83. The van der Waals surface area contributed by atoms with E-state index in [1.54, 1.807) is 13.8 Å². The summed E-state index contributed by atoms with van der Waals surface area (Å²) in [5, 5.41) is 34.8. The monoisotopic (exact) mass is 533 g/mol. The van der Waals surface area contributed by atoms with Gasteiger partial charge in [-0.15, -0.1) is 6.58 Å². The molecule has 2 aliphatic carbocycles. The van der Waals surface area contributed by atoms with Crippen molar-refractivity contribution in [3.05, 3.63) is 48.6 Å². The van der Waals surface area contributed by atoms with Crippen molar-refractivity contribution in [1.29, 1.82) is 0 Å². The highest BCUT2D eigenvalue weighted by Crippen LogP contribution is 2.67. The molecule has 1 heterocycles. The number of benzene rings is 1. The highest BCUT2D eigenvalue weighted by Gasteiger charge is 2.81. The SMILES string of the molecule is C=C[C@@]1(C)CC(=O)[C@]2(O)[C@@]3(C)[C@@H](O)CCC(C)(C)[C@@H]3[C@H](O)[C@H](OC(=O)SNCc3ccccc3)[C@@]2(C)O1. The molecule has 0 spiro atoms.